The molecular weight excluding hydrogens is 554 g/mol. The van der Waals surface area contributed by atoms with E-state index >= 15 is 0 Å². The molecule has 0 saturated carbocycles. The van der Waals surface area contributed by atoms with E-state index in [2.05, 4.69) is 39.7 Å². The van der Waals surface area contributed by atoms with Crippen LogP contribution in [0.15, 0.2) is 68.0 Å². The first-order valence-electron chi connectivity index (χ1n) is 12.2. The summed E-state index contributed by atoms with van der Waals surface area (Å²) in [4.78, 5) is 34.2. The Hall–Kier alpha value is -3.17. The molecule has 9 heteroatoms. The largest absolute Gasteiger partial charge is 0.496 e. The molecule has 1 aliphatic rings. The van der Waals surface area contributed by atoms with Crippen LogP contribution in [0.5, 0.6) is 5.75 Å². The molecule has 0 bridgehead atoms. The highest BCUT2D eigenvalue weighted by molar-refractivity contribution is 9.10. The number of hydrogen-bond donors (Lipinski definition) is 0. The van der Waals surface area contributed by atoms with Crippen molar-refractivity contribution >= 4 is 45.0 Å². The highest BCUT2D eigenvalue weighted by Crippen LogP contribution is 2.31. The second-order valence-electron chi connectivity index (χ2n) is 8.45. The molecule has 0 fully saturated rings. The van der Waals surface area contributed by atoms with Gasteiger partial charge in [0, 0.05) is 34.9 Å². The second kappa shape index (κ2) is 11.5. The van der Waals surface area contributed by atoms with E-state index in [9.17, 15) is 9.59 Å². The number of rotatable bonds is 8. The molecule has 1 aromatic heterocycles. The number of methoxy groups -OCH3 is 1. The Morgan fingerprint density at radius 1 is 1.16 bits per heavy atom. The molecule has 2 aromatic carbocycles. The van der Waals surface area contributed by atoms with E-state index in [1.807, 2.05) is 48.5 Å². The molecule has 1 aliphatic heterocycles. The van der Waals surface area contributed by atoms with Gasteiger partial charge in [-0.3, -0.25) is 9.36 Å². The molecule has 2 heterocycles. The number of hydrogen-bond acceptors (Lipinski definition) is 7. The first-order valence-corrected chi connectivity index (χ1v) is 13.8. The van der Waals surface area contributed by atoms with Crippen LogP contribution < -0.4 is 24.5 Å². The summed E-state index contributed by atoms with van der Waals surface area (Å²) in [5.74, 6) is 0.211. The van der Waals surface area contributed by atoms with Gasteiger partial charge in [0.05, 0.1) is 35.6 Å². The Bertz CT molecular complexity index is 1520. The maximum absolute atomic E-state index is 13.8. The van der Waals surface area contributed by atoms with E-state index in [1.54, 1.807) is 25.5 Å². The predicted molar refractivity (Wildman–Crippen MR) is 151 cm³/mol. The van der Waals surface area contributed by atoms with Crippen LogP contribution in [-0.4, -0.2) is 37.3 Å². The van der Waals surface area contributed by atoms with Gasteiger partial charge in [-0.1, -0.05) is 39.4 Å². The molecule has 0 amide bonds. The smallest absolute Gasteiger partial charge is 0.338 e. The van der Waals surface area contributed by atoms with Crippen molar-refractivity contribution in [2.24, 2.45) is 4.99 Å². The molecule has 194 valence electrons. The molecule has 0 radical (unpaired) electrons. The summed E-state index contributed by atoms with van der Waals surface area (Å²) in [5, 5.41) is 0. The Balaban J connectivity index is 1.90. The second-order valence-corrected chi connectivity index (χ2v) is 10.4. The zero-order valence-corrected chi connectivity index (χ0v) is 24.0. The topological polar surface area (TPSA) is 73.1 Å². The monoisotopic (exact) mass is 583 g/mol. The fraction of sp³-hybridized carbons (Fsp3) is 0.321. The van der Waals surface area contributed by atoms with E-state index < -0.39 is 12.0 Å². The van der Waals surface area contributed by atoms with E-state index in [-0.39, 0.29) is 12.2 Å². The quantitative estimate of drug-likeness (QED) is 0.367. The highest BCUT2D eigenvalue weighted by atomic mass is 79.9. The van der Waals surface area contributed by atoms with Gasteiger partial charge in [-0.15, -0.1) is 0 Å². The fourth-order valence-electron chi connectivity index (χ4n) is 4.50. The standard InChI is InChI=1S/C28H30BrN3O4S/c1-6-31(7-2)21-14-11-19(22(16-21)35-5)15-23-26(33)32-25(18-9-12-20(29)13-10-18)24(27(34)36-8-3)17(4)30-28(32)37-23/h9-16,25H,6-8H2,1-5H3/b23-15-/t25-/m1/s1. The summed E-state index contributed by atoms with van der Waals surface area (Å²) < 4.78 is 14.0. The summed E-state index contributed by atoms with van der Waals surface area (Å²) >= 11 is 4.76. The molecule has 4 rings (SSSR count). The van der Waals surface area contributed by atoms with Gasteiger partial charge >= 0.3 is 5.97 Å². The van der Waals surface area contributed by atoms with Gasteiger partial charge in [-0.2, -0.15) is 0 Å². The third-order valence-corrected chi connectivity index (χ3v) is 7.85. The molecule has 1 atom stereocenters. The number of fused-ring (bicyclic) bond motifs is 1. The lowest BCUT2D eigenvalue weighted by atomic mass is 9.96. The van der Waals surface area contributed by atoms with Crippen LogP contribution in [0.4, 0.5) is 5.69 Å². The molecule has 0 aliphatic carbocycles. The number of aromatic nitrogens is 1. The number of anilines is 1. The molecular formula is C28H30BrN3O4S. The van der Waals surface area contributed by atoms with Crippen LogP contribution in [0.1, 0.15) is 44.9 Å². The van der Waals surface area contributed by atoms with E-state index in [0.717, 1.165) is 34.4 Å². The van der Waals surface area contributed by atoms with Gasteiger partial charge in [0.15, 0.2) is 4.80 Å². The van der Waals surface area contributed by atoms with Crippen LogP contribution >= 0.6 is 27.3 Å². The van der Waals surface area contributed by atoms with Crippen molar-refractivity contribution in [1.82, 2.24) is 4.57 Å². The Kier molecular flexibility index (Phi) is 8.34. The number of thiazole rings is 1. The van der Waals surface area contributed by atoms with Gasteiger partial charge in [0.1, 0.15) is 5.75 Å². The normalized spacial score (nSPS) is 15.3. The number of benzene rings is 2. The molecule has 0 unspecified atom stereocenters. The van der Waals surface area contributed by atoms with E-state index in [4.69, 9.17) is 9.47 Å². The van der Waals surface area contributed by atoms with Crippen molar-refractivity contribution in [2.45, 2.75) is 33.7 Å². The van der Waals surface area contributed by atoms with Crippen molar-refractivity contribution in [3.63, 3.8) is 0 Å². The van der Waals surface area contributed by atoms with Gasteiger partial charge in [0.25, 0.3) is 5.56 Å². The Morgan fingerprint density at radius 3 is 2.49 bits per heavy atom. The Morgan fingerprint density at radius 2 is 1.86 bits per heavy atom. The van der Waals surface area contributed by atoms with Crippen molar-refractivity contribution in [2.75, 3.05) is 31.7 Å². The number of carbonyl (C=O) groups is 1. The van der Waals surface area contributed by atoms with Gasteiger partial charge in [-0.05, 0) is 63.6 Å². The minimum Gasteiger partial charge on any atom is -0.496 e. The van der Waals surface area contributed by atoms with Crippen LogP contribution in [0, 0.1) is 0 Å². The number of esters is 1. The number of nitrogens with zero attached hydrogens (tertiary/aromatic N) is 3. The SMILES string of the molecule is CCOC(=O)C1=C(C)N=c2s/c(=C\c3ccc(N(CC)CC)cc3OC)c(=O)n2[C@@H]1c1ccc(Br)cc1. The summed E-state index contributed by atoms with van der Waals surface area (Å²) in [6.07, 6.45) is 1.83. The highest BCUT2D eigenvalue weighted by Gasteiger charge is 2.33. The van der Waals surface area contributed by atoms with Crippen molar-refractivity contribution in [1.29, 1.82) is 0 Å². The fourth-order valence-corrected chi connectivity index (χ4v) is 5.80. The molecule has 0 saturated heterocycles. The molecule has 3 aromatic rings. The lowest BCUT2D eigenvalue weighted by molar-refractivity contribution is -0.139. The van der Waals surface area contributed by atoms with Crippen molar-refractivity contribution < 1.29 is 14.3 Å². The molecule has 37 heavy (non-hydrogen) atoms. The number of carbonyl (C=O) groups excluding carboxylic acids is 1. The maximum Gasteiger partial charge on any atom is 0.338 e. The summed E-state index contributed by atoms with van der Waals surface area (Å²) in [6.45, 7) is 9.76. The Labute approximate surface area is 228 Å². The molecule has 0 N–H and O–H groups in total. The van der Waals surface area contributed by atoms with Gasteiger partial charge in [0.2, 0.25) is 0 Å². The summed E-state index contributed by atoms with van der Waals surface area (Å²) in [6, 6.07) is 12.9. The third-order valence-electron chi connectivity index (χ3n) is 6.34. The number of halogens is 1. The lowest BCUT2D eigenvalue weighted by Crippen LogP contribution is -2.39. The average molecular weight is 585 g/mol. The van der Waals surface area contributed by atoms with Crippen molar-refractivity contribution in [3.05, 3.63) is 89.0 Å². The minimum atomic E-state index is -0.641. The van der Waals surface area contributed by atoms with E-state index in [0.29, 0.717) is 26.4 Å². The zero-order valence-electron chi connectivity index (χ0n) is 21.6. The average Bonchev–Trinajstić information content (AvgIpc) is 3.19. The van der Waals surface area contributed by atoms with Crippen molar-refractivity contribution in [3.8, 4) is 5.75 Å². The third kappa shape index (κ3) is 5.29. The first-order chi connectivity index (χ1) is 17.8. The van der Waals surface area contributed by atoms with Gasteiger partial charge < -0.3 is 14.4 Å². The summed E-state index contributed by atoms with van der Waals surface area (Å²) in [7, 11) is 1.63. The first kappa shape index (κ1) is 26.9. The predicted octanol–water partition coefficient (Wildman–Crippen LogP) is 4.42. The zero-order chi connectivity index (χ0) is 26.7. The summed E-state index contributed by atoms with van der Waals surface area (Å²) in [5.41, 5.74) is 3.34. The van der Waals surface area contributed by atoms with E-state index in [1.165, 1.54) is 11.3 Å². The van der Waals surface area contributed by atoms with Crippen LogP contribution in [-0.2, 0) is 9.53 Å². The number of ether oxygens (including phenoxy) is 2. The lowest BCUT2D eigenvalue weighted by Gasteiger charge is -2.24. The van der Waals surface area contributed by atoms with Crippen LogP contribution in [0.2, 0.25) is 0 Å². The molecule has 7 nitrogen and oxygen atoms in total. The number of allylic oxidation sites excluding steroid dienone is 1. The van der Waals surface area contributed by atoms with Crippen LogP contribution in [0.25, 0.3) is 6.08 Å². The van der Waals surface area contributed by atoms with Crippen LogP contribution in [0.3, 0.4) is 0 Å². The maximum atomic E-state index is 13.8. The minimum absolute atomic E-state index is 0.221. The van der Waals surface area contributed by atoms with Gasteiger partial charge in [-0.25, -0.2) is 9.79 Å². The molecule has 0 spiro atoms.